The Morgan fingerprint density at radius 1 is 1.38 bits per heavy atom. The van der Waals surface area contributed by atoms with Gasteiger partial charge in [0.25, 0.3) is 5.91 Å². The van der Waals surface area contributed by atoms with Crippen molar-refractivity contribution in [1.29, 1.82) is 0 Å². The molecule has 0 aromatic carbocycles. The van der Waals surface area contributed by atoms with Gasteiger partial charge >= 0.3 is 0 Å². The van der Waals surface area contributed by atoms with Crippen LogP contribution in [-0.2, 0) is 6.54 Å². The van der Waals surface area contributed by atoms with E-state index in [0.717, 1.165) is 21.7 Å². The number of hydrogen-bond acceptors (Lipinski definition) is 3. The zero-order valence-electron chi connectivity index (χ0n) is 12.3. The van der Waals surface area contributed by atoms with Crippen LogP contribution in [0.1, 0.15) is 41.9 Å². The number of nitrogens with one attached hydrogen (secondary N) is 1. The maximum absolute atomic E-state index is 12.4. The molecule has 3 rings (SSSR count). The summed E-state index contributed by atoms with van der Waals surface area (Å²) < 4.78 is 8.69. The molecule has 0 fully saturated rings. The third kappa shape index (κ3) is 2.61. The molecule has 110 valence electrons. The van der Waals surface area contributed by atoms with Gasteiger partial charge in [-0.1, -0.05) is 0 Å². The lowest BCUT2D eigenvalue weighted by Gasteiger charge is -2.13. The lowest BCUT2D eigenvalue weighted by molar-refractivity contribution is 0.0937. The second kappa shape index (κ2) is 5.41. The minimum Gasteiger partial charge on any atom is -0.465 e. The topological polar surface area (TPSA) is 47.2 Å². The van der Waals surface area contributed by atoms with Crippen LogP contribution in [0.25, 0.3) is 10.2 Å². The average molecular weight is 302 g/mol. The summed E-state index contributed by atoms with van der Waals surface area (Å²) in [6.45, 7) is 6.47. The van der Waals surface area contributed by atoms with Crippen LogP contribution in [0.2, 0.25) is 0 Å². The van der Waals surface area contributed by atoms with Crippen molar-refractivity contribution >= 4 is 27.5 Å². The van der Waals surface area contributed by atoms with Crippen molar-refractivity contribution in [1.82, 2.24) is 9.88 Å². The van der Waals surface area contributed by atoms with Crippen LogP contribution < -0.4 is 5.32 Å². The molecule has 0 bridgehead atoms. The Hall–Kier alpha value is -2.01. The first-order valence-corrected chi connectivity index (χ1v) is 7.86. The molecule has 3 heterocycles. The number of aromatic nitrogens is 1. The molecule has 4 nitrogen and oxygen atoms in total. The Morgan fingerprint density at radius 2 is 2.19 bits per heavy atom. The summed E-state index contributed by atoms with van der Waals surface area (Å²) in [6, 6.07) is 8.04. The number of carbonyl (C=O) groups is 1. The molecule has 3 aromatic rings. The van der Waals surface area contributed by atoms with Crippen LogP contribution in [0.4, 0.5) is 0 Å². The number of amides is 1. The highest BCUT2D eigenvalue weighted by molar-refractivity contribution is 7.17. The molecule has 0 unspecified atom stereocenters. The summed E-state index contributed by atoms with van der Waals surface area (Å²) in [5.74, 6) is 1.55. The Labute approximate surface area is 127 Å². The number of thiophene rings is 1. The van der Waals surface area contributed by atoms with Crippen molar-refractivity contribution in [3.05, 3.63) is 46.9 Å². The fraction of sp³-hybridized carbons (Fsp3) is 0.312. The molecular formula is C16H18N2O2S. The van der Waals surface area contributed by atoms with E-state index >= 15 is 0 Å². The Balaban J connectivity index is 1.83. The summed E-state index contributed by atoms with van der Waals surface area (Å²) in [7, 11) is 0. The SMILES string of the molecule is Cc1ccc(CNC(=O)c2cc3sccc3n2C(C)C)o1. The lowest BCUT2D eigenvalue weighted by Crippen LogP contribution is -2.25. The van der Waals surface area contributed by atoms with Crippen molar-refractivity contribution in [3.63, 3.8) is 0 Å². The van der Waals surface area contributed by atoms with E-state index in [1.54, 1.807) is 11.3 Å². The smallest absolute Gasteiger partial charge is 0.268 e. The molecule has 21 heavy (non-hydrogen) atoms. The van der Waals surface area contributed by atoms with Gasteiger partial charge in [-0.05, 0) is 50.4 Å². The van der Waals surface area contributed by atoms with Crippen LogP contribution in [-0.4, -0.2) is 10.5 Å². The Kier molecular flexibility index (Phi) is 3.59. The first-order valence-electron chi connectivity index (χ1n) is 6.98. The molecule has 0 atom stereocenters. The van der Waals surface area contributed by atoms with E-state index in [4.69, 9.17) is 4.42 Å². The molecule has 1 N–H and O–H groups in total. The van der Waals surface area contributed by atoms with Gasteiger partial charge in [0, 0.05) is 6.04 Å². The van der Waals surface area contributed by atoms with E-state index < -0.39 is 0 Å². The molecule has 0 aliphatic heterocycles. The van der Waals surface area contributed by atoms with E-state index in [-0.39, 0.29) is 11.9 Å². The van der Waals surface area contributed by atoms with Gasteiger partial charge < -0.3 is 14.3 Å². The van der Waals surface area contributed by atoms with E-state index in [2.05, 4.69) is 35.2 Å². The molecular weight excluding hydrogens is 284 g/mol. The van der Waals surface area contributed by atoms with Crippen LogP contribution in [0, 0.1) is 6.92 Å². The molecule has 0 radical (unpaired) electrons. The molecule has 0 saturated heterocycles. The number of nitrogens with zero attached hydrogens (tertiary/aromatic N) is 1. The summed E-state index contributed by atoms with van der Waals surface area (Å²) in [6.07, 6.45) is 0. The summed E-state index contributed by atoms with van der Waals surface area (Å²) >= 11 is 1.66. The Bertz CT molecular complexity index is 779. The van der Waals surface area contributed by atoms with Crippen LogP contribution in [0.15, 0.2) is 34.1 Å². The monoisotopic (exact) mass is 302 g/mol. The molecule has 0 aliphatic rings. The molecule has 1 amide bonds. The second-order valence-corrected chi connectivity index (χ2v) is 6.31. The van der Waals surface area contributed by atoms with Gasteiger partial charge in [0.05, 0.1) is 16.8 Å². The van der Waals surface area contributed by atoms with E-state index in [1.165, 1.54) is 0 Å². The molecule has 0 spiro atoms. The van der Waals surface area contributed by atoms with Gasteiger partial charge in [0.2, 0.25) is 0 Å². The first kappa shape index (κ1) is 13.9. The van der Waals surface area contributed by atoms with E-state index in [0.29, 0.717) is 12.2 Å². The molecule has 0 aliphatic carbocycles. The summed E-state index contributed by atoms with van der Waals surface area (Å²) in [4.78, 5) is 12.4. The number of aryl methyl sites for hydroxylation is 1. The highest BCUT2D eigenvalue weighted by Crippen LogP contribution is 2.28. The van der Waals surface area contributed by atoms with Crippen molar-refractivity contribution < 1.29 is 9.21 Å². The quantitative estimate of drug-likeness (QED) is 0.788. The predicted octanol–water partition coefficient (Wildman–Crippen LogP) is 4.12. The van der Waals surface area contributed by atoms with Crippen molar-refractivity contribution in [3.8, 4) is 0 Å². The zero-order valence-corrected chi connectivity index (χ0v) is 13.2. The highest BCUT2D eigenvalue weighted by atomic mass is 32.1. The van der Waals surface area contributed by atoms with Gasteiger partial charge in [0.15, 0.2) is 0 Å². The van der Waals surface area contributed by atoms with Gasteiger partial charge in [-0.25, -0.2) is 0 Å². The van der Waals surface area contributed by atoms with E-state index in [9.17, 15) is 4.79 Å². The van der Waals surface area contributed by atoms with Crippen LogP contribution >= 0.6 is 11.3 Å². The minimum atomic E-state index is -0.0684. The molecule has 3 aromatic heterocycles. The van der Waals surface area contributed by atoms with Gasteiger partial charge in [0.1, 0.15) is 17.2 Å². The third-order valence-corrected chi connectivity index (χ3v) is 4.28. The van der Waals surface area contributed by atoms with Gasteiger partial charge in [-0.3, -0.25) is 4.79 Å². The number of furan rings is 1. The van der Waals surface area contributed by atoms with Crippen molar-refractivity contribution in [2.24, 2.45) is 0 Å². The summed E-state index contributed by atoms with van der Waals surface area (Å²) in [5.41, 5.74) is 1.82. The largest absolute Gasteiger partial charge is 0.465 e. The van der Waals surface area contributed by atoms with E-state index in [1.807, 2.05) is 25.1 Å². The standard InChI is InChI=1S/C16H18N2O2S/c1-10(2)18-13-6-7-21-15(13)8-14(18)16(19)17-9-12-5-4-11(3)20-12/h4-8,10H,9H2,1-3H3,(H,17,19). The molecule has 0 saturated carbocycles. The van der Waals surface area contributed by atoms with Crippen LogP contribution in [0.5, 0.6) is 0 Å². The zero-order chi connectivity index (χ0) is 15.0. The predicted molar refractivity (Wildman–Crippen MR) is 84.8 cm³/mol. The van der Waals surface area contributed by atoms with Gasteiger partial charge in [-0.15, -0.1) is 11.3 Å². The fourth-order valence-electron chi connectivity index (χ4n) is 2.51. The first-order chi connectivity index (χ1) is 10.1. The number of hydrogen-bond donors (Lipinski definition) is 1. The Morgan fingerprint density at radius 3 is 2.86 bits per heavy atom. The van der Waals surface area contributed by atoms with Crippen molar-refractivity contribution in [2.45, 2.75) is 33.4 Å². The fourth-order valence-corrected chi connectivity index (χ4v) is 3.32. The number of fused-ring (bicyclic) bond motifs is 1. The second-order valence-electron chi connectivity index (χ2n) is 5.36. The minimum absolute atomic E-state index is 0.0684. The number of rotatable bonds is 4. The number of carbonyl (C=O) groups excluding carboxylic acids is 1. The normalized spacial score (nSPS) is 11.4. The maximum Gasteiger partial charge on any atom is 0.268 e. The molecule has 5 heteroatoms. The highest BCUT2D eigenvalue weighted by Gasteiger charge is 2.18. The maximum atomic E-state index is 12.4. The lowest BCUT2D eigenvalue weighted by atomic mass is 10.3. The summed E-state index contributed by atoms with van der Waals surface area (Å²) in [5, 5.41) is 4.98. The third-order valence-electron chi connectivity index (χ3n) is 3.43. The van der Waals surface area contributed by atoms with Crippen molar-refractivity contribution in [2.75, 3.05) is 0 Å². The van der Waals surface area contributed by atoms with Crippen LogP contribution in [0.3, 0.4) is 0 Å². The average Bonchev–Trinajstić information content (AvgIpc) is 3.09. The van der Waals surface area contributed by atoms with Gasteiger partial charge in [-0.2, -0.15) is 0 Å².